The van der Waals surface area contributed by atoms with Gasteiger partial charge in [0.25, 0.3) is 0 Å². The number of ether oxygens (including phenoxy) is 2. The molecule has 0 bridgehead atoms. The molecule has 0 aromatic heterocycles. The van der Waals surface area contributed by atoms with Gasteiger partial charge in [0.2, 0.25) is 0 Å². The van der Waals surface area contributed by atoms with Crippen molar-refractivity contribution in [3.05, 3.63) is 30.3 Å². The predicted molar refractivity (Wildman–Crippen MR) is 77.7 cm³/mol. The highest BCUT2D eigenvalue weighted by Gasteiger charge is 2.40. The molecule has 0 aliphatic carbocycles. The number of piperidine rings is 1. The molecule has 1 N–H and O–H groups in total. The number of benzene rings is 1. The summed E-state index contributed by atoms with van der Waals surface area (Å²) in [5, 5.41) is 3.31. The van der Waals surface area contributed by atoms with E-state index in [-0.39, 0.29) is 5.97 Å². The molecule has 0 amide bonds. The summed E-state index contributed by atoms with van der Waals surface area (Å²) in [6.45, 7) is 4.47. The maximum absolute atomic E-state index is 12.2. The molecule has 1 fully saturated rings. The van der Waals surface area contributed by atoms with Crippen molar-refractivity contribution in [1.29, 1.82) is 0 Å². The number of nitrogens with one attached hydrogen (secondary N) is 1. The van der Waals surface area contributed by atoms with E-state index in [9.17, 15) is 4.79 Å². The maximum atomic E-state index is 12.2. The lowest BCUT2D eigenvalue weighted by molar-refractivity contribution is -0.157. The highest BCUT2D eigenvalue weighted by Crippen LogP contribution is 2.32. The summed E-state index contributed by atoms with van der Waals surface area (Å²) in [4.78, 5) is 12.2. The van der Waals surface area contributed by atoms with E-state index in [0.717, 1.165) is 25.1 Å². The van der Waals surface area contributed by atoms with Crippen molar-refractivity contribution in [3.8, 4) is 5.75 Å². The van der Waals surface area contributed by atoms with E-state index in [2.05, 4.69) is 5.32 Å². The van der Waals surface area contributed by atoms with Crippen LogP contribution in [0.15, 0.2) is 30.3 Å². The Morgan fingerprint density at radius 3 is 2.80 bits per heavy atom. The Hall–Kier alpha value is -1.55. The number of hydrogen-bond donors (Lipinski definition) is 1. The zero-order valence-corrected chi connectivity index (χ0v) is 12.1. The van der Waals surface area contributed by atoms with Crippen molar-refractivity contribution >= 4 is 5.97 Å². The molecule has 1 heterocycles. The number of esters is 1. The molecule has 1 aliphatic rings. The standard InChI is InChI=1S/C16H23NO3/c1-2-19-15(18)16(9-6-11-17-13-16)10-12-20-14-7-4-3-5-8-14/h3-5,7-8,17H,2,6,9-13H2,1H3. The van der Waals surface area contributed by atoms with Crippen molar-refractivity contribution in [2.45, 2.75) is 26.2 Å². The van der Waals surface area contributed by atoms with Gasteiger partial charge >= 0.3 is 5.97 Å². The number of rotatable bonds is 6. The van der Waals surface area contributed by atoms with Crippen LogP contribution in [0.1, 0.15) is 26.2 Å². The zero-order valence-electron chi connectivity index (χ0n) is 12.1. The van der Waals surface area contributed by atoms with Crippen LogP contribution in [-0.4, -0.2) is 32.3 Å². The van der Waals surface area contributed by atoms with Crippen molar-refractivity contribution < 1.29 is 14.3 Å². The van der Waals surface area contributed by atoms with E-state index < -0.39 is 5.41 Å². The summed E-state index contributed by atoms with van der Waals surface area (Å²) in [6.07, 6.45) is 2.56. The molecular formula is C16H23NO3. The fraction of sp³-hybridized carbons (Fsp3) is 0.562. The molecule has 1 unspecified atom stereocenters. The Morgan fingerprint density at radius 2 is 2.15 bits per heavy atom. The van der Waals surface area contributed by atoms with Crippen molar-refractivity contribution in [2.75, 3.05) is 26.3 Å². The molecule has 0 spiro atoms. The Kier molecular flexibility index (Phi) is 5.41. The third-order valence-electron chi connectivity index (χ3n) is 3.77. The minimum absolute atomic E-state index is 0.0936. The highest BCUT2D eigenvalue weighted by molar-refractivity contribution is 5.77. The largest absolute Gasteiger partial charge is 0.494 e. The topological polar surface area (TPSA) is 47.6 Å². The van der Waals surface area contributed by atoms with Crippen LogP contribution in [0.25, 0.3) is 0 Å². The van der Waals surface area contributed by atoms with E-state index in [4.69, 9.17) is 9.47 Å². The van der Waals surface area contributed by atoms with E-state index in [0.29, 0.717) is 26.2 Å². The zero-order chi connectivity index (χ0) is 14.3. The lowest BCUT2D eigenvalue weighted by Crippen LogP contribution is -2.47. The van der Waals surface area contributed by atoms with E-state index >= 15 is 0 Å². The van der Waals surface area contributed by atoms with E-state index in [1.54, 1.807) is 0 Å². The van der Waals surface area contributed by atoms with Gasteiger partial charge < -0.3 is 14.8 Å². The molecule has 110 valence electrons. The summed E-state index contributed by atoms with van der Waals surface area (Å²) in [5.74, 6) is 0.749. The molecule has 4 heteroatoms. The quantitative estimate of drug-likeness (QED) is 0.811. The van der Waals surface area contributed by atoms with Gasteiger partial charge in [0.15, 0.2) is 0 Å². The molecule has 1 atom stereocenters. The number of carbonyl (C=O) groups is 1. The molecule has 1 aromatic carbocycles. The van der Waals surface area contributed by atoms with E-state index in [1.807, 2.05) is 37.3 Å². The average molecular weight is 277 g/mol. The second-order valence-electron chi connectivity index (χ2n) is 5.19. The van der Waals surface area contributed by atoms with Gasteiger partial charge in [0, 0.05) is 6.54 Å². The lowest BCUT2D eigenvalue weighted by atomic mass is 9.78. The molecule has 0 saturated carbocycles. The predicted octanol–water partition coefficient (Wildman–Crippen LogP) is 2.39. The molecule has 0 radical (unpaired) electrons. The number of para-hydroxylation sites is 1. The van der Waals surface area contributed by atoms with Crippen LogP contribution in [-0.2, 0) is 9.53 Å². The first-order valence-corrected chi connectivity index (χ1v) is 7.33. The van der Waals surface area contributed by atoms with Crippen LogP contribution < -0.4 is 10.1 Å². The van der Waals surface area contributed by atoms with Crippen molar-refractivity contribution in [1.82, 2.24) is 5.32 Å². The van der Waals surface area contributed by atoms with Gasteiger partial charge in [-0.1, -0.05) is 18.2 Å². The Balaban J connectivity index is 1.92. The lowest BCUT2D eigenvalue weighted by Gasteiger charge is -2.35. The van der Waals surface area contributed by atoms with Gasteiger partial charge in [0.1, 0.15) is 5.75 Å². The van der Waals surface area contributed by atoms with Crippen LogP contribution >= 0.6 is 0 Å². The first kappa shape index (κ1) is 14.9. The second kappa shape index (κ2) is 7.29. The SMILES string of the molecule is CCOC(=O)C1(CCOc2ccccc2)CCCNC1. The van der Waals surface area contributed by atoms with Gasteiger partial charge in [-0.15, -0.1) is 0 Å². The van der Waals surface area contributed by atoms with Gasteiger partial charge in [-0.05, 0) is 44.9 Å². The summed E-state index contributed by atoms with van der Waals surface area (Å²) >= 11 is 0. The molecule has 1 aliphatic heterocycles. The summed E-state index contributed by atoms with van der Waals surface area (Å²) in [7, 11) is 0. The average Bonchev–Trinajstić information content (AvgIpc) is 2.49. The van der Waals surface area contributed by atoms with Crippen LogP contribution in [0.5, 0.6) is 5.75 Å². The van der Waals surface area contributed by atoms with Gasteiger partial charge in [-0.25, -0.2) is 0 Å². The minimum atomic E-state index is -0.428. The Bertz CT molecular complexity index is 413. The maximum Gasteiger partial charge on any atom is 0.313 e. The smallest absolute Gasteiger partial charge is 0.313 e. The Morgan fingerprint density at radius 1 is 1.35 bits per heavy atom. The summed E-state index contributed by atoms with van der Waals surface area (Å²) in [5.41, 5.74) is -0.428. The Labute approximate surface area is 120 Å². The molecular weight excluding hydrogens is 254 g/mol. The third-order valence-corrected chi connectivity index (χ3v) is 3.77. The molecule has 1 saturated heterocycles. The number of carbonyl (C=O) groups excluding carboxylic acids is 1. The van der Waals surface area contributed by atoms with Crippen LogP contribution in [0, 0.1) is 5.41 Å². The molecule has 20 heavy (non-hydrogen) atoms. The number of hydrogen-bond acceptors (Lipinski definition) is 4. The molecule has 4 nitrogen and oxygen atoms in total. The van der Waals surface area contributed by atoms with Crippen LogP contribution in [0.3, 0.4) is 0 Å². The third kappa shape index (κ3) is 3.73. The second-order valence-corrected chi connectivity index (χ2v) is 5.19. The van der Waals surface area contributed by atoms with Crippen LogP contribution in [0.4, 0.5) is 0 Å². The first-order valence-electron chi connectivity index (χ1n) is 7.33. The minimum Gasteiger partial charge on any atom is -0.494 e. The highest BCUT2D eigenvalue weighted by atomic mass is 16.5. The van der Waals surface area contributed by atoms with Crippen molar-refractivity contribution in [3.63, 3.8) is 0 Å². The molecule has 2 rings (SSSR count). The normalized spacial score (nSPS) is 22.2. The van der Waals surface area contributed by atoms with Crippen LogP contribution in [0.2, 0.25) is 0 Å². The van der Waals surface area contributed by atoms with Gasteiger partial charge in [-0.3, -0.25) is 4.79 Å². The molecule has 1 aromatic rings. The van der Waals surface area contributed by atoms with E-state index in [1.165, 1.54) is 0 Å². The summed E-state index contributed by atoms with van der Waals surface area (Å²) < 4.78 is 11.0. The fourth-order valence-electron chi connectivity index (χ4n) is 2.62. The van der Waals surface area contributed by atoms with Crippen molar-refractivity contribution in [2.24, 2.45) is 5.41 Å². The first-order chi connectivity index (χ1) is 9.77. The van der Waals surface area contributed by atoms with Gasteiger partial charge in [0.05, 0.1) is 18.6 Å². The fourth-order valence-corrected chi connectivity index (χ4v) is 2.62. The van der Waals surface area contributed by atoms with Gasteiger partial charge in [-0.2, -0.15) is 0 Å². The monoisotopic (exact) mass is 277 g/mol. The summed E-state index contributed by atoms with van der Waals surface area (Å²) in [6, 6.07) is 9.70.